The topological polar surface area (TPSA) is 21.3 Å². The first-order valence-electron chi connectivity index (χ1n) is 4.89. The van der Waals surface area contributed by atoms with E-state index < -0.39 is 0 Å². The molecule has 3 heteroatoms. The molecule has 0 aromatic heterocycles. The summed E-state index contributed by atoms with van der Waals surface area (Å²) in [7, 11) is 0. The predicted molar refractivity (Wildman–Crippen MR) is 58.1 cm³/mol. The van der Waals surface area contributed by atoms with Crippen LogP contribution < -0.4 is 10.1 Å². The van der Waals surface area contributed by atoms with Crippen LogP contribution in [-0.2, 0) is 0 Å². The van der Waals surface area contributed by atoms with E-state index in [1.165, 1.54) is 0 Å². The van der Waals surface area contributed by atoms with Crippen LogP contribution in [-0.4, -0.2) is 19.2 Å². The van der Waals surface area contributed by atoms with E-state index in [-0.39, 0.29) is 0 Å². The molecule has 0 saturated carbocycles. The van der Waals surface area contributed by atoms with Crippen molar-refractivity contribution in [3.8, 4) is 5.75 Å². The zero-order chi connectivity index (χ0) is 9.97. The van der Waals surface area contributed by atoms with Gasteiger partial charge in [0.25, 0.3) is 0 Å². The number of nitrogens with one attached hydrogen (secondary N) is 1. The molecule has 1 aliphatic heterocycles. The number of benzene rings is 1. The minimum Gasteiger partial charge on any atom is -0.489 e. The molecule has 1 aromatic rings. The number of hydrogen-bond acceptors (Lipinski definition) is 2. The highest BCUT2D eigenvalue weighted by Crippen LogP contribution is 2.23. The van der Waals surface area contributed by atoms with Gasteiger partial charge >= 0.3 is 0 Å². The van der Waals surface area contributed by atoms with Gasteiger partial charge < -0.3 is 10.1 Å². The monoisotopic (exact) mass is 211 g/mol. The first-order valence-corrected chi connectivity index (χ1v) is 5.27. The molecule has 0 radical (unpaired) electrons. The molecule has 1 atom stereocenters. The Bertz CT molecular complexity index is 321. The van der Waals surface area contributed by atoms with Gasteiger partial charge in [0.2, 0.25) is 0 Å². The van der Waals surface area contributed by atoms with Crippen molar-refractivity contribution in [2.75, 3.05) is 13.1 Å². The molecule has 0 unspecified atom stereocenters. The Morgan fingerprint density at radius 1 is 1.50 bits per heavy atom. The van der Waals surface area contributed by atoms with Gasteiger partial charge in [-0.25, -0.2) is 0 Å². The van der Waals surface area contributed by atoms with Gasteiger partial charge in [0.05, 0.1) is 0 Å². The van der Waals surface area contributed by atoms with Gasteiger partial charge in [-0.2, -0.15) is 0 Å². The van der Waals surface area contributed by atoms with Gasteiger partial charge in [0, 0.05) is 11.6 Å². The maximum Gasteiger partial charge on any atom is 0.122 e. The molecular weight excluding hydrogens is 198 g/mol. The van der Waals surface area contributed by atoms with Crippen LogP contribution in [0.25, 0.3) is 0 Å². The van der Waals surface area contributed by atoms with Crippen molar-refractivity contribution in [2.24, 2.45) is 0 Å². The number of aryl methyl sites for hydroxylation is 1. The van der Waals surface area contributed by atoms with Gasteiger partial charge in [0.1, 0.15) is 11.9 Å². The summed E-state index contributed by atoms with van der Waals surface area (Å²) in [6.45, 7) is 4.02. The molecule has 1 aliphatic rings. The van der Waals surface area contributed by atoms with E-state index in [2.05, 4.69) is 5.32 Å². The molecule has 0 spiro atoms. The Morgan fingerprint density at radius 3 is 3.00 bits per heavy atom. The summed E-state index contributed by atoms with van der Waals surface area (Å²) in [5, 5.41) is 4.04. The van der Waals surface area contributed by atoms with Crippen LogP contribution in [0.2, 0.25) is 5.02 Å². The van der Waals surface area contributed by atoms with Crippen LogP contribution in [0, 0.1) is 6.92 Å². The van der Waals surface area contributed by atoms with E-state index >= 15 is 0 Å². The molecule has 2 nitrogen and oxygen atoms in total. The second-order valence-corrected chi connectivity index (χ2v) is 4.08. The molecular formula is C11H14ClNO. The molecule has 2 rings (SSSR count). The highest BCUT2D eigenvalue weighted by molar-refractivity contribution is 6.30. The quantitative estimate of drug-likeness (QED) is 0.811. The number of rotatable bonds is 2. The zero-order valence-corrected chi connectivity index (χ0v) is 8.97. The fourth-order valence-corrected chi connectivity index (χ4v) is 1.88. The zero-order valence-electron chi connectivity index (χ0n) is 8.22. The van der Waals surface area contributed by atoms with Crippen molar-refractivity contribution in [1.82, 2.24) is 5.32 Å². The van der Waals surface area contributed by atoms with E-state index in [9.17, 15) is 0 Å². The Morgan fingerprint density at radius 2 is 2.36 bits per heavy atom. The van der Waals surface area contributed by atoms with E-state index in [4.69, 9.17) is 16.3 Å². The Balaban J connectivity index is 2.08. The normalized spacial score (nSPS) is 21.1. The summed E-state index contributed by atoms with van der Waals surface area (Å²) < 4.78 is 5.84. The molecule has 1 heterocycles. The highest BCUT2D eigenvalue weighted by Gasteiger charge is 2.16. The molecule has 1 aromatic carbocycles. The lowest BCUT2D eigenvalue weighted by Gasteiger charge is -2.14. The van der Waals surface area contributed by atoms with E-state index in [1.807, 2.05) is 25.1 Å². The molecule has 0 bridgehead atoms. The van der Waals surface area contributed by atoms with Gasteiger partial charge in [-0.3, -0.25) is 0 Å². The SMILES string of the molecule is Cc1cc(Cl)ccc1O[C@H]1CCNC1. The summed E-state index contributed by atoms with van der Waals surface area (Å²) in [5.74, 6) is 0.947. The van der Waals surface area contributed by atoms with Gasteiger partial charge in [-0.15, -0.1) is 0 Å². The van der Waals surface area contributed by atoms with Gasteiger partial charge in [-0.05, 0) is 43.7 Å². The molecule has 1 N–H and O–H groups in total. The van der Waals surface area contributed by atoms with Crippen molar-refractivity contribution >= 4 is 11.6 Å². The highest BCUT2D eigenvalue weighted by atomic mass is 35.5. The third kappa shape index (κ3) is 2.20. The predicted octanol–water partition coefficient (Wildman–Crippen LogP) is 2.39. The van der Waals surface area contributed by atoms with Gasteiger partial charge in [-0.1, -0.05) is 11.6 Å². The standard InChI is InChI=1S/C11H14ClNO/c1-8-6-9(12)2-3-11(8)14-10-4-5-13-7-10/h2-3,6,10,13H,4-5,7H2,1H3/t10-/m0/s1. The summed E-state index contributed by atoms with van der Waals surface area (Å²) in [6.07, 6.45) is 1.40. The fraction of sp³-hybridized carbons (Fsp3) is 0.455. The second-order valence-electron chi connectivity index (χ2n) is 3.64. The molecule has 0 amide bonds. The summed E-state index contributed by atoms with van der Waals surface area (Å²) in [5.41, 5.74) is 1.10. The van der Waals surface area contributed by atoms with Crippen LogP contribution in [0.4, 0.5) is 0 Å². The second kappa shape index (κ2) is 4.20. The summed E-state index contributed by atoms with van der Waals surface area (Å²) in [4.78, 5) is 0. The smallest absolute Gasteiger partial charge is 0.122 e. The number of ether oxygens (including phenoxy) is 1. The average molecular weight is 212 g/mol. The van der Waals surface area contributed by atoms with Gasteiger partial charge in [0.15, 0.2) is 0 Å². The third-order valence-electron chi connectivity index (χ3n) is 2.45. The molecule has 0 aliphatic carbocycles. The third-order valence-corrected chi connectivity index (χ3v) is 2.68. The molecule has 1 fully saturated rings. The largest absolute Gasteiger partial charge is 0.489 e. The van der Waals surface area contributed by atoms with Crippen LogP contribution in [0.1, 0.15) is 12.0 Å². The minimum atomic E-state index is 0.315. The lowest BCUT2D eigenvalue weighted by molar-refractivity contribution is 0.221. The first-order chi connectivity index (χ1) is 6.75. The summed E-state index contributed by atoms with van der Waals surface area (Å²) in [6, 6.07) is 5.74. The lowest BCUT2D eigenvalue weighted by Crippen LogP contribution is -2.19. The van der Waals surface area contributed by atoms with Crippen molar-refractivity contribution < 1.29 is 4.74 Å². The average Bonchev–Trinajstić information content (AvgIpc) is 2.62. The van der Waals surface area contributed by atoms with Crippen LogP contribution in [0.5, 0.6) is 5.75 Å². The Kier molecular flexibility index (Phi) is 2.94. The maximum absolute atomic E-state index is 5.87. The van der Waals surface area contributed by atoms with Crippen molar-refractivity contribution in [3.63, 3.8) is 0 Å². The van der Waals surface area contributed by atoms with Crippen molar-refractivity contribution in [1.29, 1.82) is 0 Å². The first kappa shape index (κ1) is 9.81. The lowest BCUT2D eigenvalue weighted by atomic mass is 10.2. The molecule has 76 valence electrons. The van der Waals surface area contributed by atoms with Crippen LogP contribution >= 0.6 is 11.6 Å². The van der Waals surface area contributed by atoms with E-state index in [0.717, 1.165) is 35.8 Å². The summed E-state index contributed by atoms with van der Waals surface area (Å²) >= 11 is 5.87. The molecule has 14 heavy (non-hydrogen) atoms. The van der Waals surface area contributed by atoms with Crippen molar-refractivity contribution in [2.45, 2.75) is 19.4 Å². The van der Waals surface area contributed by atoms with Crippen LogP contribution in [0.15, 0.2) is 18.2 Å². The Labute approximate surface area is 89.2 Å². The minimum absolute atomic E-state index is 0.315. The molecule has 1 saturated heterocycles. The van der Waals surface area contributed by atoms with Crippen molar-refractivity contribution in [3.05, 3.63) is 28.8 Å². The maximum atomic E-state index is 5.87. The van der Waals surface area contributed by atoms with Crippen LogP contribution in [0.3, 0.4) is 0 Å². The Hall–Kier alpha value is -0.730. The number of halogens is 1. The van der Waals surface area contributed by atoms with E-state index in [0.29, 0.717) is 6.10 Å². The van der Waals surface area contributed by atoms with E-state index in [1.54, 1.807) is 0 Å². The number of hydrogen-bond donors (Lipinski definition) is 1. The fourth-order valence-electron chi connectivity index (χ4n) is 1.65.